The molecule has 2 unspecified atom stereocenters. The van der Waals surface area contributed by atoms with E-state index in [0.717, 1.165) is 44.7 Å². The second kappa shape index (κ2) is 4.84. The molecule has 102 valence electrons. The van der Waals surface area contributed by atoms with Gasteiger partial charge in [0.15, 0.2) is 0 Å². The maximum absolute atomic E-state index is 11.6. The summed E-state index contributed by atoms with van der Waals surface area (Å²) in [5, 5.41) is 9.59. The number of carbonyl (C=O) groups is 1. The molecule has 1 saturated heterocycles. The Hall–Kier alpha value is -0.570. The van der Waals surface area contributed by atoms with Gasteiger partial charge in [-0.05, 0) is 44.6 Å². The van der Waals surface area contributed by atoms with Crippen molar-refractivity contribution >= 4 is 5.97 Å². The van der Waals surface area contributed by atoms with Crippen LogP contribution in [-0.2, 0) is 4.79 Å². The van der Waals surface area contributed by atoms with Crippen LogP contribution in [-0.4, -0.2) is 35.1 Å². The number of hydrogen-bond acceptors (Lipinski definition) is 2. The first-order valence-electron chi connectivity index (χ1n) is 7.69. The Bertz CT molecular complexity index is 322. The SMILES string of the molecule is O=C(O)C1(CN2CCC3CCCCC32)CCCC1. The Labute approximate surface area is 110 Å². The minimum atomic E-state index is -0.542. The summed E-state index contributed by atoms with van der Waals surface area (Å²) in [5.74, 6) is 0.324. The van der Waals surface area contributed by atoms with Gasteiger partial charge in [0.25, 0.3) is 0 Å². The lowest BCUT2D eigenvalue weighted by atomic mass is 9.82. The topological polar surface area (TPSA) is 40.5 Å². The number of hydrogen-bond donors (Lipinski definition) is 1. The normalized spacial score (nSPS) is 35.6. The highest BCUT2D eigenvalue weighted by Crippen LogP contribution is 2.43. The second-order valence-electron chi connectivity index (χ2n) is 6.66. The summed E-state index contributed by atoms with van der Waals surface area (Å²) in [6.45, 7) is 1.97. The molecule has 2 atom stereocenters. The summed E-state index contributed by atoms with van der Waals surface area (Å²) in [6.07, 6.45) is 10.7. The molecule has 0 spiro atoms. The first-order valence-corrected chi connectivity index (χ1v) is 7.69. The van der Waals surface area contributed by atoms with Gasteiger partial charge < -0.3 is 5.11 Å². The zero-order valence-corrected chi connectivity index (χ0v) is 11.2. The molecule has 1 N–H and O–H groups in total. The van der Waals surface area contributed by atoms with Gasteiger partial charge in [0.05, 0.1) is 5.41 Å². The molecule has 3 fully saturated rings. The van der Waals surface area contributed by atoms with Gasteiger partial charge in [-0.15, -0.1) is 0 Å². The lowest BCUT2D eigenvalue weighted by molar-refractivity contribution is -0.150. The molecule has 0 bridgehead atoms. The molecule has 2 aliphatic carbocycles. The van der Waals surface area contributed by atoms with Crippen molar-refractivity contribution in [3.8, 4) is 0 Å². The van der Waals surface area contributed by atoms with E-state index < -0.39 is 11.4 Å². The van der Waals surface area contributed by atoms with Crippen molar-refractivity contribution in [2.75, 3.05) is 13.1 Å². The summed E-state index contributed by atoms with van der Waals surface area (Å²) >= 11 is 0. The monoisotopic (exact) mass is 251 g/mol. The number of carboxylic acids is 1. The Morgan fingerprint density at radius 3 is 2.56 bits per heavy atom. The van der Waals surface area contributed by atoms with E-state index in [2.05, 4.69) is 4.90 Å². The van der Waals surface area contributed by atoms with E-state index in [0.29, 0.717) is 6.04 Å². The number of fused-ring (bicyclic) bond motifs is 1. The molecule has 2 saturated carbocycles. The molecule has 0 aromatic rings. The van der Waals surface area contributed by atoms with E-state index in [4.69, 9.17) is 0 Å². The van der Waals surface area contributed by atoms with Gasteiger partial charge in [0, 0.05) is 12.6 Å². The van der Waals surface area contributed by atoms with Crippen LogP contribution in [0.5, 0.6) is 0 Å². The number of rotatable bonds is 3. The van der Waals surface area contributed by atoms with Gasteiger partial charge in [-0.1, -0.05) is 25.7 Å². The Kier molecular flexibility index (Phi) is 3.35. The standard InChI is InChI=1S/C15H25NO2/c17-14(18)15(8-3-4-9-15)11-16-10-7-12-5-1-2-6-13(12)16/h12-13H,1-11H2,(H,17,18). The van der Waals surface area contributed by atoms with Crippen molar-refractivity contribution in [2.45, 2.75) is 63.8 Å². The lowest BCUT2D eigenvalue weighted by Crippen LogP contribution is -2.45. The maximum Gasteiger partial charge on any atom is 0.310 e. The van der Waals surface area contributed by atoms with Gasteiger partial charge >= 0.3 is 5.97 Å². The average molecular weight is 251 g/mol. The highest BCUT2D eigenvalue weighted by atomic mass is 16.4. The molecular weight excluding hydrogens is 226 g/mol. The number of carboxylic acid groups (broad SMARTS) is 1. The fourth-order valence-corrected chi connectivity index (χ4v) is 4.58. The molecular formula is C15H25NO2. The maximum atomic E-state index is 11.6. The Morgan fingerprint density at radius 1 is 1.11 bits per heavy atom. The first-order chi connectivity index (χ1) is 8.71. The summed E-state index contributed by atoms with van der Waals surface area (Å²) in [7, 11) is 0. The van der Waals surface area contributed by atoms with Crippen molar-refractivity contribution in [3.63, 3.8) is 0 Å². The Morgan fingerprint density at radius 2 is 1.83 bits per heavy atom. The summed E-state index contributed by atoms with van der Waals surface area (Å²) in [6, 6.07) is 0.704. The molecule has 3 nitrogen and oxygen atoms in total. The largest absolute Gasteiger partial charge is 0.481 e. The van der Waals surface area contributed by atoms with Crippen molar-refractivity contribution in [1.82, 2.24) is 4.90 Å². The average Bonchev–Trinajstić information content (AvgIpc) is 2.99. The third kappa shape index (κ3) is 2.07. The van der Waals surface area contributed by atoms with Crippen LogP contribution >= 0.6 is 0 Å². The molecule has 3 aliphatic rings. The molecule has 0 radical (unpaired) electrons. The van der Waals surface area contributed by atoms with Crippen molar-refractivity contribution in [1.29, 1.82) is 0 Å². The van der Waals surface area contributed by atoms with Gasteiger partial charge in [0.2, 0.25) is 0 Å². The lowest BCUT2D eigenvalue weighted by Gasteiger charge is -2.36. The van der Waals surface area contributed by atoms with E-state index in [9.17, 15) is 9.90 Å². The molecule has 0 aromatic carbocycles. The molecule has 3 rings (SSSR count). The zero-order valence-electron chi connectivity index (χ0n) is 11.2. The van der Waals surface area contributed by atoms with Crippen LogP contribution in [0.25, 0.3) is 0 Å². The van der Waals surface area contributed by atoms with Crippen molar-refractivity contribution in [3.05, 3.63) is 0 Å². The van der Waals surface area contributed by atoms with Gasteiger partial charge in [-0.3, -0.25) is 9.69 Å². The third-order valence-electron chi connectivity index (χ3n) is 5.65. The molecule has 1 heterocycles. The van der Waals surface area contributed by atoms with Gasteiger partial charge in [-0.25, -0.2) is 0 Å². The fraction of sp³-hybridized carbons (Fsp3) is 0.933. The predicted octanol–water partition coefficient (Wildman–Crippen LogP) is 2.90. The summed E-state index contributed by atoms with van der Waals surface area (Å²) < 4.78 is 0. The van der Waals surface area contributed by atoms with Crippen LogP contribution in [0, 0.1) is 11.3 Å². The Balaban J connectivity index is 1.70. The summed E-state index contributed by atoms with van der Waals surface area (Å²) in [5.41, 5.74) is -0.410. The molecule has 18 heavy (non-hydrogen) atoms. The fourth-order valence-electron chi connectivity index (χ4n) is 4.58. The molecule has 1 aliphatic heterocycles. The predicted molar refractivity (Wildman–Crippen MR) is 70.5 cm³/mol. The molecule has 3 heteroatoms. The quantitative estimate of drug-likeness (QED) is 0.838. The van der Waals surface area contributed by atoms with Gasteiger partial charge in [0.1, 0.15) is 0 Å². The summed E-state index contributed by atoms with van der Waals surface area (Å²) in [4.78, 5) is 14.2. The smallest absolute Gasteiger partial charge is 0.310 e. The van der Waals surface area contributed by atoms with Crippen LogP contribution in [0.15, 0.2) is 0 Å². The van der Waals surface area contributed by atoms with Crippen LogP contribution in [0.4, 0.5) is 0 Å². The number of nitrogens with zero attached hydrogens (tertiary/aromatic N) is 1. The van der Waals surface area contributed by atoms with E-state index in [1.165, 1.54) is 32.1 Å². The minimum absolute atomic E-state index is 0.410. The van der Waals surface area contributed by atoms with Crippen LogP contribution in [0.1, 0.15) is 57.8 Å². The van der Waals surface area contributed by atoms with E-state index in [1.54, 1.807) is 0 Å². The van der Waals surface area contributed by atoms with E-state index in [1.807, 2.05) is 0 Å². The third-order valence-corrected chi connectivity index (χ3v) is 5.65. The highest BCUT2D eigenvalue weighted by Gasteiger charge is 2.46. The molecule has 0 aromatic heterocycles. The van der Waals surface area contributed by atoms with Gasteiger partial charge in [-0.2, -0.15) is 0 Å². The van der Waals surface area contributed by atoms with Crippen LogP contribution in [0.3, 0.4) is 0 Å². The van der Waals surface area contributed by atoms with E-state index >= 15 is 0 Å². The minimum Gasteiger partial charge on any atom is -0.481 e. The number of likely N-dealkylation sites (tertiary alicyclic amines) is 1. The van der Waals surface area contributed by atoms with Crippen LogP contribution < -0.4 is 0 Å². The van der Waals surface area contributed by atoms with Crippen LogP contribution in [0.2, 0.25) is 0 Å². The second-order valence-corrected chi connectivity index (χ2v) is 6.66. The van der Waals surface area contributed by atoms with E-state index in [-0.39, 0.29) is 0 Å². The zero-order chi connectivity index (χ0) is 12.6. The van der Waals surface area contributed by atoms with Crippen molar-refractivity contribution in [2.24, 2.45) is 11.3 Å². The molecule has 0 amide bonds. The van der Waals surface area contributed by atoms with Crippen molar-refractivity contribution < 1.29 is 9.90 Å². The highest BCUT2D eigenvalue weighted by molar-refractivity contribution is 5.75. The number of aliphatic carboxylic acids is 1. The first kappa shape index (κ1) is 12.5.